The van der Waals surface area contributed by atoms with E-state index in [0.717, 1.165) is 33.0 Å². The Bertz CT molecular complexity index is 1800. The highest BCUT2D eigenvalue weighted by Crippen LogP contribution is 2.44. The van der Waals surface area contributed by atoms with Crippen LogP contribution in [0.2, 0.25) is 0 Å². The molecule has 1 heterocycles. The Morgan fingerprint density at radius 1 is 1.00 bits per heavy atom. The monoisotopic (exact) mass is 678 g/mol. The molecule has 262 valence electrons. The number of aliphatic hydroxyl groups is 1. The van der Waals surface area contributed by atoms with Crippen molar-refractivity contribution in [1.29, 1.82) is 0 Å². The molecular weight excluding hydrogens is 633 g/mol. The van der Waals surface area contributed by atoms with Crippen LogP contribution in [-0.4, -0.2) is 54.3 Å². The van der Waals surface area contributed by atoms with Gasteiger partial charge in [-0.2, -0.15) is 0 Å². The summed E-state index contributed by atoms with van der Waals surface area (Å²) < 4.78 is 52.5. The molecule has 4 N–H and O–H groups in total. The van der Waals surface area contributed by atoms with Crippen LogP contribution in [0.1, 0.15) is 60.9 Å². The van der Waals surface area contributed by atoms with Crippen LogP contribution >= 0.6 is 0 Å². The molecule has 4 aromatic carbocycles. The quantitative estimate of drug-likeness (QED) is 0.156. The summed E-state index contributed by atoms with van der Waals surface area (Å²) in [5, 5.41) is 20.8. The van der Waals surface area contributed by atoms with Crippen molar-refractivity contribution >= 4 is 22.4 Å². The van der Waals surface area contributed by atoms with Gasteiger partial charge in [-0.25, -0.2) is 13.2 Å². The van der Waals surface area contributed by atoms with Crippen LogP contribution in [0.3, 0.4) is 0 Å². The van der Waals surface area contributed by atoms with Crippen LogP contribution < -0.4 is 15.2 Å². The Labute approximate surface area is 285 Å². The van der Waals surface area contributed by atoms with Gasteiger partial charge in [0.05, 0.1) is 25.4 Å². The molecule has 0 spiro atoms. The number of benzene rings is 4. The predicted octanol–water partition coefficient (Wildman–Crippen LogP) is 8.06. The molecule has 49 heavy (non-hydrogen) atoms. The first-order valence-corrected chi connectivity index (χ1v) is 16.1. The van der Waals surface area contributed by atoms with Crippen molar-refractivity contribution in [3.05, 3.63) is 101 Å². The molecule has 1 saturated heterocycles. The van der Waals surface area contributed by atoms with E-state index in [-0.39, 0.29) is 25.0 Å². The summed E-state index contributed by atoms with van der Waals surface area (Å²) in [4.78, 5) is 13.1. The van der Waals surface area contributed by atoms with E-state index in [2.05, 4.69) is 6.58 Å². The summed E-state index contributed by atoms with van der Waals surface area (Å²) >= 11 is 0. The van der Waals surface area contributed by atoms with Gasteiger partial charge in [-0.15, -0.1) is 0 Å². The van der Waals surface area contributed by atoms with Crippen molar-refractivity contribution in [1.82, 2.24) is 4.90 Å². The fourth-order valence-electron chi connectivity index (χ4n) is 6.23. The van der Waals surface area contributed by atoms with Gasteiger partial charge < -0.3 is 25.4 Å². The average Bonchev–Trinajstić information content (AvgIpc) is 3.03. The summed E-state index contributed by atoms with van der Waals surface area (Å²) in [5.74, 6) is -2.57. The van der Waals surface area contributed by atoms with Crippen LogP contribution in [0.4, 0.5) is 13.2 Å². The SMILES string of the molecule is C=C(N)c1c(C)cc(C(C)(C)O)cc1F.COc1ccc(CN2CCC(F)(F)CC2)c(OC)c1-c1cccc2c(CCC(=O)O)cccc12. The van der Waals surface area contributed by atoms with Gasteiger partial charge in [-0.05, 0) is 72.4 Å². The maximum atomic E-state index is 13.6. The van der Waals surface area contributed by atoms with Crippen molar-refractivity contribution in [3.8, 4) is 22.6 Å². The first-order chi connectivity index (χ1) is 23.1. The number of fused-ring (bicyclic) bond motifs is 1. The van der Waals surface area contributed by atoms with Crippen LogP contribution in [0, 0.1) is 12.7 Å². The van der Waals surface area contributed by atoms with Gasteiger partial charge >= 0.3 is 5.97 Å². The van der Waals surface area contributed by atoms with Crippen LogP contribution in [0.25, 0.3) is 27.6 Å². The van der Waals surface area contributed by atoms with E-state index in [1.165, 1.54) is 6.07 Å². The molecular formula is C39H45F3N2O5. The molecule has 0 amide bonds. The second-order valence-corrected chi connectivity index (χ2v) is 12.9. The van der Waals surface area contributed by atoms with Crippen LogP contribution in [-0.2, 0) is 23.4 Å². The van der Waals surface area contributed by atoms with Crippen LogP contribution in [0.15, 0.2) is 67.2 Å². The number of halogens is 3. The summed E-state index contributed by atoms with van der Waals surface area (Å²) in [6.45, 7) is 9.64. The Morgan fingerprint density at radius 3 is 2.22 bits per heavy atom. The molecule has 5 rings (SSSR count). The van der Waals surface area contributed by atoms with E-state index in [1.807, 2.05) is 53.4 Å². The van der Waals surface area contributed by atoms with Gasteiger partial charge in [0.1, 0.15) is 17.3 Å². The maximum Gasteiger partial charge on any atom is 0.303 e. The third kappa shape index (κ3) is 8.93. The highest BCUT2D eigenvalue weighted by molar-refractivity contribution is 6.01. The van der Waals surface area contributed by atoms with Crippen molar-refractivity contribution in [2.75, 3.05) is 27.3 Å². The number of methoxy groups -OCH3 is 2. The molecule has 0 aliphatic carbocycles. The van der Waals surface area contributed by atoms with Gasteiger partial charge in [0, 0.05) is 55.7 Å². The number of aryl methyl sites for hydroxylation is 2. The van der Waals surface area contributed by atoms with E-state index < -0.39 is 23.3 Å². The third-order valence-corrected chi connectivity index (χ3v) is 8.81. The number of alkyl halides is 2. The first kappa shape index (κ1) is 37.3. The number of rotatable bonds is 10. The second-order valence-electron chi connectivity index (χ2n) is 12.9. The molecule has 1 aliphatic rings. The smallest absolute Gasteiger partial charge is 0.303 e. The number of ether oxygens (including phenoxy) is 2. The van der Waals surface area contributed by atoms with E-state index in [0.29, 0.717) is 54.2 Å². The van der Waals surface area contributed by atoms with Gasteiger partial charge in [-0.3, -0.25) is 9.69 Å². The highest BCUT2D eigenvalue weighted by Gasteiger charge is 2.34. The number of piperidine rings is 1. The number of nitrogens with zero attached hydrogens (tertiary/aromatic N) is 1. The Kier molecular flexibility index (Phi) is 11.7. The lowest BCUT2D eigenvalue weighted by molar-refractivity contribution is -0.136. The molecule has 0 atom stereocenters. The van der Waals surface area contributed by atoms with E-state index in [9.17, 15) is 23.1 Å². The number of nitrogens with two attached hydrogens (primary N) is 1. The van der Waals surface area contributed by atoms with Crippen LogP contribution in [0.5, 0.6) is 11.5 Å². The zero-order chi connectivity index (χ0) is 36.1. The van der Waals surface area contributed by atoms with E-state index >= 15 is 0 Å². The Balaban J connectivity index is 0.000000302. The minimum absolute atomic E-state index is 0.0559. The predicted molar refractivity (Wildman–Crippen MR) is 188 cm³/mol. The maximum absolute atomic E-state index is 13.6. The van der Waals surface area contributed by atoms with Gasteiger partial charge in [0.25, 0.3) is 5.92 Å². The standard InChI is InChI=1S/C27H29F2NO4.C12H16FNO/c1-33-23-11-9-19(17-30-15-13-27(28,29)14-16-30)26(34-2)25(23)22-8-4-6-20-18(10-12-24(31)32)5-3-7-21(20)22;1-7-5-9(12(3,4)15)6-10(13)11(7)8(2)14/h3-9,11H,10,12-17H2,1-2H3,(H,31,32);5-6,15H,2,14H2,1,3-4H3. The van der Waals surface area contributed by atoms with Gasteiger partial charge in [0.15, 0.2) is 0 Å². The minimum Gasteiger partial charge on any atom is -0.496 e. The lowest BCUT2D eigenvalue weighted by Crippen LogP contribution is -2.38. The van der Waals surface area contributed by atoms with Gasteiger partial charge in [0.2, 0.25) is 0 Å². The van der Waals surface area contributed by atoms with Crippen molar-refractivity contribution in [2.45, 2.75) is 64.5 Å². The third-order valence-electron chi connectivity index (χ3n) is 8.81. The summed E-state index contributed by atoms with van der Waals surface area (Å²) in [6.07, 6.45) is 0.214. The number of hydrogen-bond acceptors (Lipinski definition) is 6. The minimum atomic E-state index is -2.59. The number of carboxylic acid groups (broad SMARTS) is 1. The normalized spacial score (nSPS) is 14.6. The zero-order valence-electron chi connectivity index (χ0n) is 28.7. The molecule has 0 unspecified atom stereocenters. The van der Waals surface area contributed by atoms with E-state index in [1.54, 1.807) is 41.1 Å². The molecule has 4 aromatic rings. The van der Waals surface area contributed by atoms with Crippen molar-refractivity contribution in [2.24, 2.45) is 5.73 Å². The molecule has 0 saturated carbocycles. The lowest BCUT2D eigenvalue weighted by atomic mass is 9.92. The zero-order valence-corrected chi connectivity index (χ0v) is 28.7. The molecule has 10 heteroatoms. The van der Waals surface area contributed by atoms with E-state index in [4.69, 9.17) is 20.3 Å². The second kappa shape index (κ2) is 15.3. The van der Waals surface area contributed by atoms with Crippen molar-refractivity contribution in [3.63, 3.8) is 0 Å². The number of carbonyl (C=O) groups is 1. The lowest BCUT2D eigenvalue weighted by Gasteiger charge is -2.32. The molecule has 7 nitrogen and oxygen atoms in total. The molecule has 0 aromatic heterocycles. The summed E-state index contributed by atoms with van der Waals surface area (Å²) in [5.41, 5.74) is 9.73. The average molecular weight is 679 g/mol. The number of carboxylic acids is 1. The largest absolute Gasteiger partial charge is 0.496 e. The fourth-order valence-corrected chi connectivity index (χ4v) is 6.23. The Morgan fingerprint density at radius 2 is 1.65 bits per heavy atom. The van der Waals surface area contributed by atoms with Gasteiger partial charge in [-0.1, -0.05) is 55.1 Å². The highest BCUT2D eigenvalue weighted by atomic mass is 19.3. The molecule has 0 bridgehead atoms. The molecule has 1 aliphatic heterocycles. The summed E-state index contributed by atoms with van der Waals surface area (Å²) in [7, 11) is 3.21. The molecule has 1 fully saturated rings. The number of aliphatic carboxylic acids is 1. The van der Waals surface area contributed by atoms with Crippen molar-refractivity contribution < 1.29 is 37.7 Å². The Hall–Kier alpha value is -4.54. The first-order valence-electron chi connectivity index (χ1n) is 16.1. The number of hydrogen-bond donors (Lipinski definition) is 3. The summed E-state index contributed by atoms with van der Waals surface area (Å²) in [6, 6.07) is 18.6. The fraction of sp³-hybridized carbons (Fsp3) is 0.359. The molecule has 0 radical (unpaired) electrons. The number of likely N-dealkylation sites (tertiary alicyclic amines) is 1. The topological polar surface area (TPSA) is 105 Å².